The van der Waals surface area contributed by atoms with Gasteiger partial charge in [-0.05, 0) is 18.1 Å². The summed E-state index contributed by atoms with van der Waals surface area (Å²) in [5.74, 6) is 0. The molecule has 0 bridgehead atoms. The minimum absolute atomic E-state index is 0.00438. The monoisotopic (exact) mass is 258 g/mol. The molecule has 5 nitrogen and oxygen atoms in total. The predicted octanol–water partition coefficient (Wildman–Crippen LogP) is 2.11. The molecular formula is C11H15ClN2O3. The van der Waals surface area contributed by atoms with Crippen molar-refractivity contribution in [2.75, 3.05) is 6.61 Å². The third kappa shape index (κ3) is 3.96. The molecule has 0 saturated heterocycles. The van der Waals surface area contributed by atoms with Crippen LogP contribution >= 0.6 is 11.6 Å². The third-order valence-electron chi connectivity index (χ3n) is 2.52. The van der Waals surface area contributed by atoms with Crippen LogP contribution in [0.2, 0.25) is 5.02 Å². The van der Waals surface area contributed by atoms with Gasteiger partial charge in [-0.1, -0.05) is 24.6 Å². The zero-order valence-corrected chi connectivity index (χ0v) is 10.3. The van der Waals surface area contributed by atoms with Crippen LogP contribution in [0, 0.1) is 10.1 Å². The summed E-state index contributed by atoms with van der Waals surface area (Å²) in [7, 11) is 0. The Bertz CT molecular complexity index is 394. The van der Waals surface area contributed by atoms with E-state index in [1.165, 1.54) is 12.1 Å². The summed E-state index contributed by atoms with van der Waals surface area (Å²) >= 11 is 5.71. The Hall–Kier alpha value is -1.17. The van der Waals surface area contributed by atoms with Crippen molar-refractivity contribution >= 4 is 17.3 Å². The molecule has 0 radical (unpaired) electrons. The molecule has 0 spiro atoms. The number of benzene rings is 1. The van der Waals surface area contributed by atoms with E-state index >= 15 is 0 Å². The van der Waals surface area contributed by atoms with E-state index in [1.54, 1.807) is 6.07 Å². The van der Waals surface area contributed by atoms with E-state index in [0.29, 0.717) is 6.54 Å². The van der Waals surface area contributed by atoms with Crippen molar-refractivity contribution in [3.8, 4) is 0 Å². The molecule has 0 saturated carbocycles. The number of nitrogens with zero attached hydrogens (tertiary/aromatic N) is 1. The van der Waals surface area contributed by atoms with Gasteiger partial charge in [0.05, 0.1) is 11.5 Å². The molecule has 0 heterocycles. The first-order valence-corrected chi connectivity index (χ1v) is 5.73. The summed E-state index contributed by atoms with van der Waals surface area (Å²) in [6, 6.07) is 4.69. The van der Waals surface area contributed by atoms with Crippen LogP contribution in [0.25, 0.3) is 0 Å². The van der Waals surface area contributed by atoms with E-state index in [0.717, 1.165) is 12.0 Å². The van der Waals surface area contributed by atoms with Crippen LogP contribution in [0.5, 0.6) is 0 Å². The summed E-state index contributed by atoms with van der Waals surface area (Å²) in [6.45, 7) is 2.47. The lowest BCUT2D eigenvalue weighted by atomic mass is 10.1. The van der Waals surface area contributed by atoms with E-state index in [4.69, 9.17) is 16.7 Å². The van der Waals surface area contributed by atoms with Gasteiger partial charge in [0.25, 0.3) is 5.69 Å². The molecule has 1 atom stereocenters. The van der Waals surface area contributed by atoms with Crippen LogP contribution in [-0.4, -0.2) is 22.7 Å². The highest BCUT2D eigenvalue weighted by Crippen LogP contribution is 2.24. The number of rotatable bonds is 6. The zero-order chi connectivity index (χ0) is 12.8. The number of aliphatic hydroxyl groups is 1. The van der Waals surface area contributed by atoms with Crippen molar-refractivity contribution in [3.05, 3.63) is 38.9 Å². The highest BCUT2D eigenvalue weighted by Gasteiger charge is 2.13. The van der Waals surface area contributed by atoms with Crippen molar-refractivity contribution in [3.63, 3.8) is 0 Å². The number of halogens is 1. The first-order valence-electron chi connectivity index (χ1n) is 5.35. The number of hydrogen-bond donors (Lipinski definition) is 2. The standard InChI is InChI=1S/C11H15ClN2O3/c1-2-9(7-15)13-6-8-3-4-10(12)11(5-8)14(16)17/h3-5,9,13,15H,2,6-7H2,1H3. The van der Waals surface area contributed by atoms with Crippen LogP contribution in [-0.2, 0) is 6.54 Å². The summed E-state index contributed by atoms with van der Waals surface area (Å²) in [6.07, 6.45) is 0.798. The van der Waals surface area contributed by atoms with Crippen molar-refractivity contribution in [1.82, 2.24) is 5.32 Å². The Morgan fingerprint density at radius 2 is 2.29 bits per heavy atom. The smallest absolute Gasteiger partial charge is 0.288 e. The molecular weight excluding hydrogens is 244 g/mol. The largest absolute Gasteiger partial charge is 0.395 e. The fraction of sp³-hybridized carbons (Fsp3) is 0.455. The topological polar surface area (TPSA) is 75.4 Å². The lowest BCUT2D eigenvalue weighted by molar-refractivity contribution is -0.384. The van der Waals surface area contributed by atoms with Gasteiger partial charge in [0.15, 0.2) is 0 Å². The maximum Gasteiger partial charge on any atom is 0.288 e. The second kappa shape index (κ2) is 6.54. The number of aliphatic hydroxyl groups excluding tert-OH is 1. The van der Waals surface area contributed by atoms with Gasteiger partial charge in [0.2, 0.25) is 0 Å². The summed E-state index contributed by atoms with van der Waals surface area (Å²) < 4.78 is 0. The van der Waals surface area contributed by atoms with E-state index < -0.39 is 4.92 Å². The number of nitro groups is 1. The maximum atomic E-state index is 10.7. The van der Waals surface area contributed by atoms with Gasteiger partial charge < -0.3 is 10.4 Å². The van der Waals surface area contributed by atoms with Crippen LogP contribution in [0.4, 0.5) is 5.69 Å². The number of hydrogen-bond acceptors (Lipinski definition) is 4. The molecule has 0 aliphatic rings. The lowest BCUT2D eigenvalue weighted by Gasteiger charge is -2.13. The van der Waals surface area contributed by atoms with Crippen molar-refractivity contribution in [2.24, 2.45) is 0 Å². The fourth-order valence-corrected chi connectivity index (χ4v) is 1.59. The first kappa shape index (κ1) is 13.9. The van der Waals surface area contributed by atoms with E-state index in [-0.39, 0.29) is 23.4 Å². The van der Waals surface area contributed by atoms with Crippen LogP contribution in [0.15, 0.2) is 18.2 Å². The molecule has 0 aromatic heterocycles. The van der Waals surface area contributed by atoms with E-state index in [9.17, 15) is 10.1 Å². The molecule has 0 amide bonds. The van der Waals surface area contributed by atoms with Gasteiger partial charge in [0, 0.05) is 18.7 Å². The average Bonchev–Trinajstić information content (AvgIpc) is 2.32. The SMILES string of the molecule is CCC(CO)NCc1ccc(Cl)c([N+](=O)[O-])c1. The molecule has 1 aromatic rings. The Morgan fingerprint density at radius 1 is 1.59 bits per heavy atom. The molecule has 2 N–H and O–H groups in total. The molecule has 6 heteroatoms. The second-order valence-electron chi connectivity index (χ2n) is 3.71. The van der Waals surface area contributed by atoms with Gasteiger partial charge in [0.1, 0.15) is 5.02 Å². The normalized spacial score (nSPS) is 12.4. The predicted molar refractivity (Wildman–Crippen MR) is 66.1 cm³/mol. The second-order valence-corrected chi connectivity index (χ2v) is 4.12. The van der Waals surface area contributed by atoms with Gasteiger partial charge in [-0.3, -0.25) is 10.1 Å². The molecule has 0 fully saturated rings. The summed E-state index contributed by atoms with van der Waals surface area (Å²) in [5.41, 5.74) is 0.677. The molecule has 0 aliphatic heterocycles. The minimum atomic E-state index is -0.505. The van der Waals surface area contributed by atoms with Crippen molar-refractivity contribution in [2.45, 2.75) is 25.9 Å². The summed E-state index contributed by atoms with van der Waals surface area (Å²) in [4.78, 5) is 10.2. The van der Waals surface area contributed by atoms with Gasteiger partial charge in [-0.2, -0.15) is 0 Å². The molecule has 17 heavy (non-hydrogen) atoms. The Kier molecular flexibility index (Phi) is 5.34. The van der Waals surface area contributed by atoms with Gasteiger partial charge in [-0.15, -0.1) is 0 Å². The van der Waals surface area contributed by atoms with Crippen LogP contribution in [0.3, 0.4) is 0 Å². The van der Waals surface area contributed by atoms with Crippen LogP contribution in [0.1, 0.15) is 18.9 Å². The highest BCUT2D eigenvalue weighted by molar-refractivity contribution is 6.32. The number of nitrogens with one attached hydrogen (secondary N) is 1. The van der Waals surface area contributed by atoms with Gasteiger partial charge in [-0.25, -0.2) is 0 Å². The zero-order valence-electron chi connectivity index (χ0n) is 9.52. The Labute approximate surface area is 105 Å². The fourth-order valence-electron chi connectivity index (χ4n) is 1.41. The molecule has 1 unspecified atom stereocenters. The first-order chi connectivity index (χ1) is 8.08. The van der Waals surface area contributed by atoms with Crippen LogP contribution < -0.4 is 5.32 Å². The molecule has 0 aliphatic carbocycles. The average molecular weight is 259 g/mol. The highest BCUT2D eigenvalue weighted by atomic mass is 35.5. The minimum Gasteiger partial charge on any atom is -0.395 e. The van der Waals surface area contributed by atoms with E-state index in [2.05, 4.69) is 5.32 Å². The molecule has 1 aromatic carbocycles. The Balaban J connectivity index is 2.72. The maximum absolute atomic E-state index is 10.7. The molecule has 94 valence electrons. The third-order valence-corrected chi connectivity index (χ3v) is 2.83. The number of nitro benzene ring substituents is 1. The van der Waals surface area contributed by atoms with Crippen molar-refractivity contribution in [1.29, 1.82) is 0 Å². The molecule has 1 rings (SSSR count). The quantitative estimate of drug-likeness (QED) is 0.605. The lowest BCUT2D eigenvalue weighted by Crippen LogP contribution is -2.31. The Morgan fingerprint density at radius 3 is 2.82 bits per heavy atom. The van der Waals surface area contributed by atoms with Crippen molar-refractivity contribution < 1.29 is 10.0 Å². The van der Waals surface area contributed by atoms with Gasteiger partial charge >= 0.3 is 0 Å². The summed E-state index contributed by atoms with van der Waals surface area (Å²) in [5, 5.41) is 22.9. The van der Waals surface area contributed by atoms with E-state index in [1.807, 2.05) is 6.92 Å².